The molecule has 0 radical (unpaired) electrons. The molecule has 2 N–H and O–H groups in total. The first-order valence-corrected chi connectivity index (χ1v) is 14.5. The number of aryl methyl sites for hydroxylation is 1. The molecular formula is C26H25ClF3N5O2S2. The Kier molecular flexibility index (Phi) is 7.71. The van der Waals surface area contributed by atoms with E-state index in [0.29, 0.717) is 30.7 Å². The van der Waals surface area contributed by atoms with Crippen LogP contribution in [0.15, 0.2) is 24.3 Å². The zero-order chi connectivity index (χ0) is 27.9. The highest BCUT2D eigenvalue weighted by atomic mass is 35.5. The van der Waals surface area contributed by atoms with E-state index in [9.17, 15) is 22.8 Å². The maximum absolute atomic E-state index is 13.9. The largest absolute Gasteiger partial charge is 0.433 e. The first-order chi connectivity index (χ1) is 18.5. The van der Waals surface area contributed by atoms with Gasteiger partial charge in [-0.2, -0.15) is 18.3 Å². The van der Waals surface area contributed by atoms with Crippen LogP contribution >= 0.6 is 34.3 Å². The van der Waals surface area contributed by atoms with Crippen LogP contribution in [-0.4, -0.2) is 32.5 Å². The van der Waals surface area contributed by atoms with Gasteiger partial charge < -0.3 is 10.6 Å². The lowest BCUT2D eigenvalue weighted by Crippen LogP contribution is -2.36. The second-order valence-electron chi connectivity index (χ2n) is 9.38. The van der Waals surface area contributed by atoms with Crippen molar-refractivity contribution in [3.05, 3.63) is 56.0 Å². The highest BCUT2D eigenvalue weighted by Crippen LogP contribution is 2.37. The van der Waals surface area contributed by atoms with Gasteiger partial charge in [0.15, 0.2) is 17.0 Å². The number of thiophene rings is 2. The lowest BCUT2D eigenvalue weighted by atomic mass is 9.95. The van der Waals surface area contributed by atoms with E-state index < -0.39 is 17.8 Å². The van der Waals surface area contributed by atoms with Crippen LogP contribution in [-0.2, 0) is 12.6 Å². The van der Waals surface area contributed by atoms with Crippen molar-refractivity contribution in [2.24, 2.45) is 0 Å². The molecule has 4 aromatic heterocycles. The molecule has 2 amide bonds. The molecule has 7 nitrogen and oxygen atoms in total. The highest BCUT2D eigenvalue weighted by Gasteiger charge is 2.36. The van der Waals surface area contributed by atoms with Gasteiger partial charge >= 0.3 is 6.18 Å². The molecule has 0 unspecified atom stereocenters. The van der Waals surface area contributed by atoms with Crippen molar-refractivity contribution in [2.45, 2.75) is 64.6 Å². The lowest BCUT2D eigenvalue weighted by Gasteiger charge is -2.23. The van der Waals surface area contributed by atoms with E-state index in [1.807, 2.05) is 13.8 Å². The Balaban J connectivity index is 1.48. The number of hydrogen-bond acceptors (Lipinski definition) is 6. The van der Waals surface area contributed by atoms with Gasteiger partial charge in [-0.1, -0.05) is 37.8 Å². The average Bonchev–Trinajstić information content (AvgIpc) is 3.59. The molecule has 4 heterocycles. The smallest absolute Gasteiger partial charge is 0.349 e. The van der Waals surface area contributed by atoms with Gasteiger partial charge in [-0.15, -0.1) is 22.7 Å². The SMILES string of the molecule is CCc1c(C)sc(NC(=O)c2cc3nc(-c4ccc(Cl)s4)cc(C(F)(F)F)n3n2)c1C(=O)NC1CCCCC1. The number of halogens is 4. The molecule has 0 aliphatic heterocycles. The molecule has 0 aromatic carbocycles. The Morgan fingerprint density at radius 2 is 1.87 bits per heavy atom. The second kappa shape index (κ2) is 10.9. The Morgan fingerprint density at radius 1 is 1.13 bits per heavy atom. The van der Waals surface area contributed by atoms with E-state index in [1.165, 1.54) is 17.4 Å². The van der Waals surface area contributed by atoms with Crippen molar-refractivity contribution in [3.8, 4) is 10.6 Å². The summed E-state index contributed by atoms with van der Waals surface area (Å²) in [7, 11) is 0. The molecule has 1 fully saturated rings. The number of carbonyl (C=O) groups excluding carboxylic acids is 2. The average molecular weight is 596 g/mol. The fraction of sp³-hybridized carbons (Fsp3) is 0.385. The minimum atomic E-state index is -4.75. The Morgan fingerprint density at radius 3 is 2.51 bits per heavy atom. The zero-order valence-electron chi connectivity index (χ0n) is 21.1. The third-order valence-electron chi connectivity index (χ3n) is 6.73. The summed E-state index contributed by atoms with van der Waals surface area (Å²) in [4.78, 5) is 32.2. The number of nitrogens with zero attached hydrogens (tertiary/aromatic N) is 3. The van der Waals surface area contributed by atoms with Gasteiger partial charge in [0.2, 0.25) is 0 Å². The molecule has 0 spiro atoms. The van der Waals surface area contributed by atoms with Crippen molar-refractivity contribution >= 4 is 56.7 Å². The highest BCUT2D eigenvalue weighted by molar-refractivity contribution is 7.19. The minimum Gasteiger partial charge on any atom is -0.349 e. The number of aromatic nitrogens is 3. The second-order valence-corrected chi connectivity index (χ2v) is 12.3. The first kappa shape index (κ1) is 27.6. The first-order valence-electron chi connectivity index (χ1n) is 12.5. The molecule has 206 valence electrons. The maximum atomic E-state index is 13.9. The van der Waals surface area contributed by atoms with Crippen LogP contribution < -0.4 is 10.6 Å². The van der Waals surface area contributed by atoms with Crippen LogP contribution in [0.4, 0.5) is 18.2 Å². The van der Waals surface area contributed by atoms with Crippen LogP contribution in [0.2, 0.25) is 4.34 Å². The van der Waals surface area contributed by atoms with E-state index in [-0.39, 0.29) is 29.0 Å². The van der Waals surface area contributed by atoms with Crippen LogP contribution in [0.3, 0.4) is 0 Å². The van der Waals surface area contributed by atoms with Crippen molar-refractivity contribution in [1.29, 1.82) is 0 Å². The molecule has 0 bridgehead atoms. The number of fused-ring (bicyclic) bond motifs is 1. The van der Waals surface area contributed by atoms with Gasteiger partial charge in [-0.25, -0.2) is 9.50 Å². The van der Waals surface area contributed by atoms with Crippen LogP contribution in [0.1, 0.15) is 76.0 Å². The van der Waals surface area contributed by atoms with E-state index in [2.05, 4.69) is 20.7 Å². The number of carbonyl (C=O) groups is 2. The van der Waals surface area contributed by atoms with Crippen molar-refractivity contribution < 1.29 is 22.8 Å². The van der Waals surface area contributed by atoms with Crippen LogP contribution in [0, 0.1) is 6.92 Å². The van der Waals surface area contributed by atoms with Crippen molar-refractivity contribution in [2.75, 3.05) is 5.32 Å². The number of anilines is 1. The topological polar surface area (TPSA) is 88.4 Å². The van der Waals surface area contributed by atoms with Crippen molar-refractivity contribution in [3.63, 3.8) is 0 Å². The molecule has 1 saturated carbocycles. The van der Waals surface area contributed by atoms with Gasteiger partial charge in [-0.05, 0) is 49.9 Å². The predicted octanol–water partition coefficient (Wildman–Crippen LogP) is 7.38. The summed E-state index contributed by atoms with van der Waals surface area (Å²) in [6.07, 6.45) is 0.928. The van der Waals surface area contributed by atoms with E-state index in [1.54, 1.807) is 12.1 Å². The summed E-state index contributed by atoms with van der Waals surface area (Å²) in [5.74, 6) is -0.987. The molecule has 0 atom stereocenters. The number of hydrogen-bond donors (Lipinski definition) is 2. The number of alkyl halides is 3. The van der Waals surface area contributed by atoms with E-state index >= 15 is 0 Å². The zero-order valence-corrected chi connectivity index (χ0v) is 23.5. The standard InChI is InChI=1S/C26H25ClF3N5O2S2/c1-3-15-13(2)38-25(22(15)24(37)31-14-7-5-4-6-8-14)33-23(36)17-12-21-32-16(18-9-10-20(27)39-18)11-19(26(28,29)30)35(21)34-17/h9-12,14H,3-8H2,1-2H3,(H,31,37)(H,33,36). The Hall–Kier alpha value is -2.96. The van der Waals surface area contributed by atoms with Crippen LogP contribution in [0.25, 0.3) is 16.2 Å². The summed E-state index contributed by atoms with van der Waals surface area (Å²) in [6.45, 7) is 3.81. The maximum Gasteiger partial charge on any atom is 0.433 e. The fourth-order valence-electron chi connectivity index (χ4n) is 4.87. The lowest BCUT2D eigenvalue weighted by molar-refractivity contribution is -0.142. The fourth-order valence-corrected chi connectivity index (χ4v) is 7.01. The van der Waals surface area contributed by atoms with Gasteiger partial charge in [0.05, 0.1) is 20.5 Å². The summed E-state index contributed by atoms with van der Waals surface area (Å²) >= 11 is 8.32. The predicted molar refractivity (Wildman–Crippen MR) is 147 cm³/mol. The van der Waals surface area contributed by atoms with Gasteiger partial charge in [0.1, 0.15) is 5.00 Å². The normalized spacial score (nSPS) is 14.6. The van der Waals surface area contributed by atoms with Gasteiger partial charge in [-0.3, -0.25) is 9.59 Å². The van der Waals surface area contributed by atoms with Gasteiger partial charge in [0, 0.05) is 17.0 Å². The summed E-state index contributed by atoms with van der Waals surface area (Å²) in [5, 5.41) is 10.1. The number of rotatable bonds is 6. The molecule has 0 saturated heterocycles. The summed E-state index contributed by atoms with van der Waals surface area (Å²) in [5.41, 5.74) is -0.161. The molecular weight excluding hydrogens is 571 g/mol. The molecule has 39 heavy (non-hydrogen) atoms. The number of nitrogens with one attached hydrogen (secondary N) is 2. The Labute approximate surface area is 235 Å². The molecule has 5 rings (SSSR count). The number of amides is 2. The minimum absolute atomic E-state index is 0.0710. The van der Waals surface area contributed by atoms with Crippen molar-refractivity contribution in [1.82, 2.24) is 19.9 Å². The molecule has 4 aromatic rings. The summed E-state index contributed by atoms with van der Waals surface area (Å²) < 4.78 is 42.8. The molecule has 13 heteroatoms. The van der Waals surface area contributed by atoms with E-state index in [4.69, 9.17) is 11.6 Å². The third kappa shape index (κ3) is 5.68. The quantitative estimate of drug-likeness (QED) is 0.243. The van der Waals surface area contributed by atoms with Gasteiger partial charge in [0.25, 0.3) is 11.8 Å². The van der Waals surface area contributed by atoms with Crippen LogP contribution in [0.5, 0.6) is 0 Å². The molecule has 1 aliphatic rings. The monoisotopic (exact) mass is 595 g/mol. The molecule has 1 aliphatic carbocycles. The summed E-state index contributed by atoms with van der Waals surface area (Å²) in [6, 6.07) is 5.32. The third-order valence-corrected chi connectivity index (χ3v) is 9.05. The van der Waals surface area contributed by atoms with E-state index in [0.717, 1.165) is 59.9 Å². The Bertz CT molecular complexity index is 1550.